The molecule has 2 heterocycles. The molecule has 2 atom stereocenters. The molecule has 3 rings (SSSR count). The molecule has 0 aliphatic heterocycles. The number of nitrogens with zero attached hydrogens (tertiary/aromatic N) is 2. The Kier molecular flexibility index (Phi) is 3.28. The van der Waals surface area contributed by atoms with E-state index in [2.05, 4.69) is 40.6 Å². The van der Waals surface area contributed by atoms with Gasteiger partial charge in [-0.15, -0.1) is 11.3 Å². The van der Waals surface area contributed by atoms with Crippen molar-refractivity contribution in [2.75, 3.05) is 10.7 Å². The molecular weight excluding hydrogens is 258 g/mol. The number of thiophene rings is 1. The van der Waals surface area contributed by atoms with Crippen LogP contribution in [0.15, 0.2) is 6.07 Å². The van der Waals surface area contributed by atoms with Crippen LogP contribution in [0.5, 0.6) is 0 Å². The van der Waals surface area contributed by atoms with Crippen molar-refractivity contribution in [3.63, 3.8) is 0 Å². The van der Waals surface area contributed by atoms with Crippen LogP contribution in [0.3, 0.4) is 0 Å². The minimum absolute atomic E-state index is 0.476. The summed E-state index contributed by atoms with van der Waals surface area (Å²) in [5.74, 6) is 7.62. The second-order valence-electron chi connectivity index (χ2n) is 5.15. The smallest absolute Gasteiger partial charge is 0.240 e. The molecule has 102 valence electrons. The molecule has 0 radical (unpaired) electrons. The maximum absolute atomic E-state index is 5.44. The first-order chi connectivity index (χ1) is 9.21. The number of rotatable bonds is 5. The number of hydrazine groups is 1. The van der Waals surface area contributed by atoms with Gasteiger partial charge in [-0.05, 0) is 31.7 Å². The first-order valence-corrected chi connectivity index (χ1v) is 7.54. The summed E-state index contributed by atoms with van der Waals surface area (Å²) in [6.07, 6.45) is 3.78. The van der Waals surface area contributed by atoms with E-state index < -0.39 is 0 Å². The summed E-state index contributed by atoms with van der Waals surface area (Å²) in [6, 6.07) is 2.70. The Morgan fingerprint density at radius 2 is 2.32 bits per heavy atom. The van der Waals surface area contributed by atoms with Crippen molar-refractivity contribution in [3.8, 4) is 0 Å². The van der Waals surface area contributed by atoms with Gasteiger partial charge in [0.25, 0.3) is 0 Å². The van der Waals surface area contributed by atoms with Crippen molar-refractivity contribution >= 4 is 33.3 Å². The zero-order chi connectivity index (χ0) is 13.4. The molecule has 0 aromatic carbocycles. The van der Waals surface area contributed by atoms with Gasteiger partial charge in [0.2, 0.25) is 5.95 Å². The highest BCUT2D eigenvalue weighted by Crippen LogP contribution is 2.39. The molecule has 5 nitrogen and oxygen atoms in total. The predicted octanol–water partition coefficient (Wildman–Crippen LogP) is 2.89. The van der Waals surface area contributed by atoms with Gasteiger partial charge in [-0.3, -0.25) is 5.43 Å². The number of nitrogens with one attached hydrogen (secondary N) is 2. The lowest BCUT2D eigenvalue weighted by atomic mass is 10.2. The van der Waals surface area contributed by atoms with Crippen LogP contribution >= 0.6 is 11.3 Å². The van der Waals surface area contributed by atoms with Crippen LogP contribution in [0.25, 0.3) is 10.2 Å². The average Bonchev–Trinajstić information content (AvgIpc) is 2.98. The van der Waals surface area contributed by atoms with Crippen LogP contribution in [0.4, 0.5) is 11.8 Å². The average molecular weight is 277 g/mol. The highest BCUT2D eigenvalue weighted by Gasteiger charge is 2.36. The molecule has 6 heteroatoms. The zero-order valence-corrected chi connectivity index (χ0v) is 12.0. The molecule has 1 aliphatic carbocycles. The van der Waals surface area contributed by atoms with Crippen LogP contribution in [-0.4, -0.2) is 16.0 Å². The Morgan fingerprint density at radius 3 is 3.05 bits per heavy atom. The fraction of sp³-hybridized carbons (Fsp3) is 0.538. The Balaban J connectivity index is 1.89. The van der Waals surface area contributed by atoms with Gasteiger partial charge >= 0.3 is 0 Å². The van der Waals surface area contributed by atoms with Gasteiger partial charge in [-0.25, -0.2) is 10.8 Å². The van der Waals surface area contributed by atoms with Gasteiger partial charge in [-0.1, -0.05) is 13.3 Å². The fourth-order valence-electron chi connectivity index (χ4n) is 2.51. The molecule has 2 aromatic heterocycles. The van der Waals surface area contributed by atoms with E-state index in [9.17, 15) is 0 Å². The molecule has 2 unspecified atom stereocenters. The Bertz CT molecular complexity index is 594. The lowest BCUT2D eigenvalue weighted by Crippen LogP contribution is -2.13. The number of anilines is 2. The minimum atomic E-state index is 0.476. The van der Waals surface area contributed by atoms with Crippen LogP contribution in [0.2, 0.25) is 0 Å². The Hall–Kier alpha value is -1.40. The Morgan fingerprint density at radius 1 is 1.47 bits per heavy atom. The van der Waals surface area contributed by atoms with E-state index in [1.165, 1.54) is 24.1 Å². The maximum atomic E-state index is 5.44. The van der Waals surface area contributed by atoms with Gasteiger partial charge in [-0.2, -0.15) is 4.98 Å². The van der Waals surface area contributed by atoms with E-state index in [1.54, 1.807) is 11.3 Å². The molecule has 1 fully saturated rings. The molecule has 1 aliphatic rings. The minimum Gasteiger partial charge on any atom is -0.366 e. The third-order valence-corrected chi connectivity index (χ3v) is 4.49. The van der Waals surface area contributed by atoms with Crippen molar-refractivity contribution in [2.24, 2.45) is 11.8 Å². The van der Waals surface area contributed by atoms with Crippen LogP contribution < -0.4 is 16.6 Å². The molecule has 0 amide bonds. The molecule has 4 N–H and O–H groups in total. The predicted molar refractivity (Wildman–Crippen MR) is 80.4 cm³/mol. The van der Waals surface area contributed by atoms with E-state index >= 15 is 0 Å². The van der Waals surface area contributed by atoms with Crippen LogP contribution in [0, 0.1) is 12.8 Å². The van der Waals surface area contributed by atoms with Crippen molar-refractivity contribution < 1.29 is 0 Å². The number of nitrogens with two attached hydrogens (primary N) is 1. The number of fused-ring (bicyclic) bond motifs is 1. The summed E-state index contributed by atoms with van der Waals surface area (Å²) in [5, 5.41) is 4.64. The van der Waals surface area contributed by atoms with Gasteiger partial charge in [0, 0.05) is 10.9 Å². The lowest BCUT2D eigenvalue weighted by molar-refractivity contribution is 0.692. The topological polar surface area (TPSA) is 75.9 Å². The zero-order valence-electron chi connectivity index (χ0n) is 11.2. The van der Waals surface area contributed by atoms with E-state index in [0.717, 1.165) is 22.0 Å². The second-order valence-corrected chi connectivity index (χ2v) is 6.39. The third kappa shape index (κ3) is 2.50. The van der Waals surface area contributed by atoms with E-state index in [1.807, 2.05) is 0 Å². The van der Waals surface area contributed by atoms with Crippen LogP contribution in [-0.2, 0) is 0 Å². The van der Waals surface area contributed by atoms with Gasteiger partial charge in [0.1, 0.15) is 10.6 Å². The van der Waals surface area contributed by atoms with Gasteiger partial charge in [0.05, 0.1) is 5.39 Å². The van der Waals surface area contributed by atoms with Crippen LogP contribution in [0.1, 0.15) is 31.1 Å². The van der Waals surface area contributed by atoms with Crippen molar-refractivity contribution in [2.45, 2.75) is 39.2 Å². The number of aryl methyl sites for hydroxylation is 1. The van der Waals surface area contributed by atoms with Crippen molar-refractivity contribution in [1.82, 2.24) is 9.97 Å². The van der Waals surface area contributed by atoms with Crippen molar-refractivity contribution in [1.29, 1.82) is 0 Å². The molecule has 0 saturated heterocycles. The fourth-order valence-corrected chi connectivity index (χ4v) is 3.39. The summed E-state index contributed by atoms with van der Waals surface area (Å²) < 4.78 is 0. The quantitative estimate of drug-likeness (QED) is 0.579. The summed E-state index contributed by atoms with van der Waals surface area (Å²) in [6.45, 7) is 4.32. The third-order valence-electron chi connectivity index (χ3n) is 3.55. The number of aromatic nitrogens is 2. The molecule has 1 saturated carbocycles. The molecule has 19 heavy (non-hydrogen) atoms. The lowest BCUT2D eigenvalue weighted by Gasteiger charge is -2.08. The number of hydrogen-bond donors (Lipinski definition) is 3. The summed E-state index contributed by atoms with van der Waals surface area (Å²) in [5.41, 5.74) is 2.54. The van der Waals surface area contributed by atoms with E-state index in [0.29, 0.717) is 12.0 Å². The molecular formula is C13H19N5S. The van der Waals surface area contributed by atoms with Crippen molar-refractivity contribution in [3.05, 3.63) is 10.9 Å². The molecule has 0 bridgehead atoms. The Labute approximate surface area is 116 Å². The van der Waals surface area contributed by atoms with Gasteiger partial charge < -0.3 is 5.32 Å². The highest BCUT2D eigenvalue weighted by atomic mass is 32.1. The molecule has 0 spiro atoms. The SMILES string of the molecule is CCCC1CC1Nc1nc(NN)nc2sc(C)cc12. The standard InChI is InChI=1S/C13H19N5S/c1-3-4-8-6-10(8)15-11-9-5-7(2)19-12(9)17-13(16-11)18-14/h5,8,10H,3-4,6,14H2,1-2H3,(H2,15,16,17,18). The largest absolute Gasteiger partial charge is 0.366 e. The van der Waals surface area contributed by atoms with E-state index in [-0.39, 0.29) is 0 Å². The number of nitrogen functional groups attached to an aromatic ring is 1. The highest BCUT2D eigenvalue weighted by molar-refractivity contribution is 7.18. The molecule has 2 aromatic rings. The first kappa shape index (κ1) is 12.6. The maximum Gasteiger partial charge on any atom is 0.240 e. The summed E-state index contributed by atoms with van der Waals surface area (Å²) in [4.78, 5) is 11.1. The van der Waals surface area contributed by atoms with E-state index in [4.69, 9.17) is 5.84 Å². The summed E-state index contributed by atoms with van der Waals surface area (Å²) in [7, 11) is 0. The number of hydrogen-bond acceptors (Lipinski definition) is 6. The first-order valence-electron chi connectivity index (χ1n) is 6.72. The van der Waals surface area contributed by atoms with Gasteiger partial charge in [0.15, 0.2) is 0 Å². The monoisotopic (exact) mass is 277 g/mol. The normalized spacial score (nSPS) is 21.6. The summed E-state index contributed by atoms with van der Waals surface area (Å²) >= 11 is 1.67. The second kappa shape index (κ2) is 4.94.